The second kappa shape index (κ2) is 4.60. The number of hydrogen-bond acceptors (Lipinski definition) is 3. The van der Waals surface area contributed by atoms with E-state index in [1.54, 1.807) is 0 Å². The molecule has 2 atom stereocenters. The van der Waals surface area contributed by atoms with Gasteiger partial charge in [-0.1, -0.05) is 12.8 Å². The highest BCUT2D eigenvalue weighted by atomic mass is 16.3. The van der Waals surface area contributed by atoms with Gasteiger partial charge in [0.1, 0.15) is 0 Å². The molecule has 1 aliphatic rings. The minimum absolute atomic E-state index is 0.156. The van der Waals surface area contributed by atoms with E-state index in [0.717, 1.165) is 25.8 Å². The van der Waals surface area contributed by atoms with Gasteiger partial charge < -0.3 is 10.8 Å². The molecule has 0 aliphatic heterocycles. The Balaban J connectivity index is 2.46. The van der Waals surface area contributed by atoms with Gasteiger partial charge in [-0.3, -0.25) is 4.90 Å². The summed E-state index contributed by atoms with van der Waals surface area (Å²) in [5.74, 6) is 0. The first-order valence-electron chi connectivity index (χ1n) is 5.57. The van der Waals surface area contributed by atoms with Crippen LogP contribution in [0.4, 0.5) is 0 Å². The van der Waals surface area contributed by atoms with Crippen LogP contribution in [0.15, 0.2) is 0 Å². The third-order valence-electron chi connectivity index (χ3n) is 2.92. The van der Waals surface area contributed by atoms with Crippen molar-refractivity contribution in [2.75, 3.05) is 13.6 Å². The largest absolute Gasteiger partial charge is 0.391 e. The average molecular weight is 200 g/mol. The van der Waals surface area contributed by atoms with Crippen LogP contribution in [-0.4, -0.2) is 41.3 Å². The fraction of sp³-hybridized carbons (Fsp3) is 1.00. The molecule has 1 aliphatic carbocycles. The number of aliphatic hydroxyl groups excluding tert-OH is 1. The predicted molar refractivity (Wildman–Crippen MR) is 59.2 cm³/mol. The lowest BCUT2D eigenvalue weighted by atomic mass is 9.91. The lowest BCUT2D eigenvalue weighted by molar-refractivity contribution is 0.0254. The average Bonchev–Trinajstić information content (AvgIpc) is 2.01. The highest BCUT2D eigenvalue weighted by Crippen LogP contribution is 2.22. The summed E-state index contributed by atoms with van der Waals surface area (Å²) < 4.78 is 0. The van der Waals surface area contributed by atoms with E-state index >= 15 is 0 Å². The van der Waals surface area contributed by atoms with Gasteiger partial charge in [-0.05, 0) is 33.7 Å². The summed E-state index contributed by atoms with van der Waals surface area (Å²) in [6, 6.07) is 0.312. The van der Waals surface area contributed by atoms with Gasteiger partial charge in [-0.25, -0.2) is 0 Å². The zero-order valence-electron chi connectivity index (χ0n) is 9.66. The third kappa shape index (κ3) is 3.56. The number of nitrogens with zero attached hydrogens (tertiary/aromatic N) is 1. The van der Waals surface area contributed by atoms with Gasteiger partial charge in [0.2, 0.25) is 0 Å². The van der Waals surface area contributed by atoms with Gasteiger partial charge in [-0.15, -0.1) is 0 Å². The molecule has 84 valence electrons. The molecule has 0 radical (unpaired) electrons. The Labute approximate surface area is 87.3 Å². The van der Waals surface area contributed by atoms with Crippen molar-refractivity contribution in [2.24, 2.45) is 5.73 Å². The number of hydrogen-bond donors (Lipinski definition) is 2. The Hall–Kier alpha value is -0.120. The Morgan fingerprint density at radius 3 is 2.43 bits per heavy atom. The molecule has 0 bridgehead atoms. The first-order valence-corrected chi connectivity index (χ1v) is 5.57. The van der Waals surface area contributed by atoms with Crippen molar-refractivity contribution in [2.45, 2.75) is 57.2 Å². The van der Waals surface area contributed by atoms with Crippen molar-refractivity contribution in [3.8, 4) is 0 Å². The molecule has 1 rings (SSSR count). The molecule has 0 spiro atoms. The van der Waals surface area contributed by atoms with E-state index < -0.39 is 0 Å². The molecule has 14 heavy (non-hydrogen) atoms. The van der Waals surface area contributed by atoms with Crippen LogP contribution in [0.5, 0.6) is 0 Å². The van der Waals surface area contributed by atoms with E-state index in [1.807, 2.05) is 13.8 Å². The van der Waals surface area contributed by atoms with Gasteiger partial charge in [0.25, 0.3) is 0 Å². The lowest BCUT2D eigenvalue weighted by Crippen LogP contribution is -2.51. The minimum atomic E-state index is -0.175. The Morgan fingerprint density at radius 1 is 1.36 bits per heavy atom. The number of rotatable bonds is 3. The van der Waals surface area contributed by atoms with Crippen molar-refractivity contribution in [3.05, 3.63) is 0 Å². The van der Waals surface area contributed by atoms with Crippen molar-refractivity contribution in [3.63, 3.8) is 0 Å². The summed E-state index contributed by atoms with van der Waals surface area (Å²) in [7, 11) is 2.06. The minimum Gasteiger partial charge on any atom is -0.391 e. The van der Waals surface area contributed by atoms with Crippen molar-refractivity contribution in [1.29, 1.82) is 0 Å². The molecule has 1 fully saturated rings. The monoisotopic (exact) mass is 200 g/mol. The fourth-order valence-electron chi connectivity index (χ4n) is 2.37. The van der Waals surface area contributed by atoms with Crippen LogP contribution >= 0.6 is 0 Å². The molecule has 1 saturated carbocycles. The van der Waals surface area contributed by atoms with Crippen LogP contribution in [0.2, 0.25) is 0 Å². The van der Waals surface area contributed by atoms with Crippen LogP contribution < -0.4 is 5.73 Å². The van der Waals surface area contributed by atoms with Crippen LogP contribution in [0.3, 0.4) is 0 Å². The van der Waals surface area contributed by atoms with Crippen molar-refractivity contribution in [1.82, 2.24) is 4.90 Å². The fourth-order valence-corrected chi connectivity index (χ4v) is 2.37. The second-order valence-corrected chi connectivity index (χ2v) is 5.32. The second-order valence-electron chi connectivity index (χ2n) is 5.32. The van der Waals surface area contributed by atoms with Gasteiger partial charge in [0.05, 0.1) is 6.10 Å². The van der Waals surface area contributed by atoms with Crippen LogP contribution in [0.25, 0.3) is 0 Å². The maximum absolute atomic E-state index is 9.85. The normalized spacial score (nSPS) is 29.6. The van der Waals surface area contributed by atoms with Gasteiger partial charge in [-0.2, -0.15) is 0 Å². The first kappa shape index (κ1) is 12.0. The number of aliphatic hydroxyl groups is 1. The molecule has 0 heterocycles. The van der Waals surface area contributed by atoms with Gasteiger partial charge in [0.15, 0.2) is 0 Å². The maximum atomic E-state index is 9.85. The molecular weight excluding hydrogens is 176 g/mol. The zero-order chi connectivity index (χ0) is 10.8. The molecule has 0 aromatic rings. The standard InChI is InChI=1S/C11H24N2O/c1-11(2,12)8-13(3)9-6-4-5-7-10(9)14/h9-10,14H,4-8,12H2,1-3H3. The summed E-state index contributed by atoms with van der Waals surface area (Å²) in [6.07, 6.45) is 4.29. The van der Waals surface area contributed by atoms with Gasteiger partial charge in [0, 0.05) is 18.1 Å². The Morgan fingerprint density at radius 2 is 1.93 bits per heavy atom. The topological polar surface area (TPSA) is 49.5 Å². The molecule has 0 aromatic heterocycles. The van der Waals surface area contributed by atoms with E-state index in [9.17, 15) is 5.11 Å². The van der Waals surface area contributed by atoms with E-state index in [2.05, 4.69) is 11.9 Å². The Bertz CT molecular complexity index is 177. The SMILES string of the molecule is CN(CC(C)(C)N)C1CCCCC1O. The quantitative estimate of drug-likeness (QED) is 0.713. The van der Waals surface area contributed by atoms with Crippen LogP contribution in [0.1, 0.15) is 39.5 Å². The van der Waals surface area contributed by atoms with E-state index in [0.29, 0.717) is 6.04 Å². The van der Waals surface area contributed by atoms with Gasteiger partial charge >= 0.3 is 0 Å². The molecule has 0 aromatic carbocycles. The zero-order valence-corrected chi connectivity index (χ0v) is 9.66. The summed E-state index contributed by atoms with van der Waals surface area (Å²) in [6.45, 7) is 4.89. The van der Waals surface area contributed by atoms with Crippen molar-refractivity contribution < 1.29 is 5.11 Å². The van der Waals surface area contributed by atoms with Crippen molar-refractivity contribution >= 4 is 0 Å². The maximum Gasteiger partial charge on any atom is 0.0695 e. The molecule has 3 nitrogen and oxygen atoms in total. The summed E-state index contributed by atoms with van der Waals surface area (Å²) >= 11 is 0. The Kier molecular flexibility index (Phi) is 3.93. The van der Waals surface area contributed by atoms with E-state index in [1.165, 1.54) is 6.42 Å². The predicted octanol–water partition coefficient (Wildman–Crippen LogP) is 0.959. The number of nitrogens with two attached hydrogens (primary N) is 1. The summed E-state index contributed by atoms with van der Waals surface area (Å²) in [5, 5.41) is 9.85. The third-order valence-corrected chi connectivity index (χ3v) is 2.92. The molecule has 2 unspecified atom stereocenters. The first-order chi connectivity index (χ1) is 6.40. The smallest absolute Gasteiger partial charge is 0.0695 e. The highest BCUT2D eigenvalue weighted by Gasteiger charge is 2.28. The highest BCUT2D eigenvalue weighted by molar-refractivity contribution is 4.85. The molecule has 3 heteroatoms. The molecular formula is C11H24N2O. The van der Waals surface area contributed by atoms with E-state index in [-0.39, 0.29) is 11.6 Å². The molecule has 0 saturated heterocycles. The number of likely N-dealkylation sites (N-methyl/N-ethyl adjacent to an activating group) is 1. The van der Waals surface area contributed by atoms with Crippen LogP contribution in [-0.2, 0) is 0 Å². The molecule has 0 amide bonds. The summed E-state index contributed by atoms with van der Waals surface area (Å²) in [4.78, 5) is 2.21. The molecule has 3 N–H and O–H groups in total. The van der Waals surface area contributed by atoms with Crippen LogP contribution in [0, 0.1) is 0 Å². The lowest BCUT2D eigenvalue weighted by Gasteiger charge is -2.38. The summed E-state index contributed by atoms with van der Waals surface area (Å²) in [5.41, 5.74) is 5.79. The van der Waals surface area contributed by atoms with E-state index in [4.69, 9.17) is 5.73 Å².